The zero-order valence-corrected chi connectivity index (χ0v) is 13.3. The molecule has 0 spiro atoms. The van der Waals surface area contributed by atoms with E-state index in [9.17, 15) is 10.1 Å². The molecule has 8 heteroatoms. The Labute approximate surface area is 132 Å². The van der Waals surface area contributed by atoms with Crippen molar-refractivity contribution in [3.63, 3.8) is 0 Å². The minimum absolute atomic E-state index is 0.145. The summed E-state index contributed by atoms with van der Waals surface area (Å²) in [5.41, 5.74) is 5.37. The number of nitrogens with zero attached hydrogens (tertiary/aromatic N) is 3. The largest absolute Gasteiger partial charge is 0.344 e. The van der Waals surface area contributed by atoms with Gasteiger partial charge in [0.25, 0.3) is 0 Å². The molecule has 0 amide bonds. The third kappa shape index (κ3) is 4.40. The van der Waals surface area contributed by atoms with Gasteiger partial charge in [0.15, 0.2) is 5.03 Å². The summed E-state index contributed by atoms with van der Waals surface area (Å²) in [7, 11) is 0. The predicted octanol–water partition coefficient (Wildman–Crippen LogP) is 3.25. The maximum Gasteiger partial charge on any atom is 0.344 e. The summed E-state index contributed by atoms with van der Waals surface area (Å²) in [6.07, 6.45) is 1.31. The molecule has 22 heavy (non-hydrogen) atoms. The smallest absolute Gasteiger partial charge is 0.299 e. The van der Waals surface area contributed by atoms with Crippen LogP contribution in [-0.4, -0.2) is 20.4 Å². The lowest BCUT2D eigenvalue weighted by molar-refractivity contribution is -0.387. The predicted molar refractivity (Wildman–Crippen MR) is 85.8 cm³/mol. The molecule has 0 saturated carbocycles. The van der Waals surface area contributed by atoms with Gasteiger partial charge >= 0.3 is 5.69 Å². The number of benzene rings is 1. The summed E-state index contributed by atoms with van der Waals surface area (Å²) in [5, 5.41) is 11.7. The molecule has 0 radical (unpaired) electrons. The fourth-order valence-electron chi connectivity index (χ4n) is 1.54. The molecule has 0 aliphatic carbocycles. The van der Waals surface area contributed by atoms with E-state index < -0.39 is 4.92 Å². The van der Waals surface area contributed by atoms with E-state index in [-0.39, 0.29) is 17.0 Å². The van der Waals surface area contributed by atoms with E-state index in [4.69, 9.17) is 0 Å². The van der Waals surface area contributed by atoms with Crippen molar-refractivity contribution in [3.05, 3.63) is 46.8 Å². The van der Waals surface area contributed by atoms with Crippen LogP contribution in [0.1, 0.15) is 20.8 Å². The zero-order chi connectivity index (χ0) is 16.2. The van der Waals surface area contributed by atoms with Crippen molar-refractivity contribution in [1.29, 1.82) is 0 Å². The number of nitrogens with one attached hydrogen (secondary N) is 2. The first kappa shape index (κ1) is 16.2. The van der Waals surface area contributed by atoms with Crippen LogP contribution in [0.3, 0.4) is 0 Å². The third-order valence-corrected chi connectivity index (χ3v) is 3.48. The molecular weight excluding hydrogens is 302 g/mol. The van der Waals surface area contributed by atoms with E-state index in [1.54, 1.807) is 0 Å². The van der Waals surface area contributed by atoms with Crippen LogP contribution in [0.5, 0.6) is 0 Å². The van der Waals surface area contributed by atoms with Gasteiger partial charge in [-0.05, 0) is 32.9 Å². The van der Waals surface area contributed by atoms with Gasteiger partial charge < -0.3 is 0 Å². The Kier molecular flexibility index (Phi) is 4.94. The second kappa shape index (κ2) is 6.71. The van der Waals surface area contributed by atoms with Crippen LogP contribution < -0.4 is 10.9 Å². The van der Waals surface area contributed by atoms with Crippen LogP contribution in [0.15, 0.2) is 46.6 Å². The summed E-state index contributed by atoms with van der Waals surface area (Å²) >= 11 is 1.23. The van der Waals surface area contributed by atoms with Gasteiger partial charge in [0.2, 0.25) is 5.82 Å². The molecule has 0 unspecified atom stereocenters. The van der Waals surface area contributed by atoms with Crippen LogP contribution in [0.25, 0.3) is 0 Å². The molecule has 2 N–H and O–H groups in total. The molecule has 7 nitrogen and oxygen atoms in total. The van der Waals surface area contributed by atoms with Crippen LogP contribution >= 0.6 is 11.8 Å². The average Bonchev–Trinajstić information content (AvgIpc) is 2.45. The first-order valence-corrected chi connectivity index (χ1v) is 7.44. The van der Waals surface area contributed by atoms with E-state index in [0.29, 0.717) is 5.03 Å². The summed E-state index contributed by atoms with van der Waals surface area (Å²) in [6, 6.07) is 9.37. The minimum Gasteiger partial charge on any atom is -0.299 e. The molecule has 2 aromatic rings. The molecular formula is C14H17N5O2S. The number of rotatable bonds is 5. The number of anilines is 1. The van der Waals surface area contributed by atoms with Crippen LogP contribution in [-0.2, 0) is 0 Å². The maximum absolute atomic E-state index is 11.4. The van der Waals surface area contributed by atoms with Gasteiger partial charge in [0, 0.05) is 10.4 Å². The first-order chi connectivity index (χ1) is 10.4. The number of hydrazine groups is 1. The van der Waals surface area contributed by atoms with E-state index in [2.05, 4.69) is 20.8 Å². The minimum atomic E-state index is -0.474. The Balaban J connectivity index is 2.32. The summed E-state index contributed by atoms with van der Waals surface area (Å²) in [6.45, 7) is 5.81. The molecule has 2 rings (SSSR count). The molecule has 0 aliphatic heterocycles. The van der Waals surface area contributed by atoms with E-state index in [0.717, 1.165) is 4.90 Å². The van der Waals surface area contributed by atoms with Crippen molar-refractivity contribution >= 4 is 23.3 Å². The quantitative estimate of drug-likeness (QED) is 0.496. The van der Waals surface area contributed by atoms with Crippen molar-refractivity contribution in [3.8, 4) is 0 Å². The Bertz CT molecular complexity index is 658. The second-order valence-electron chi connectivity index (χ2n) is 5.55. The molecule has 0 bridgehead atoms. The maximum atomic E-state index is 11.4. The standard InChI is InChI=1S/C14H17N5O2S/c1-14(2,3)18-17-12-11(19(20)21)13(16-9-15-12)22-10-7-5-4-6-8-10/h4-9,18H,1-3H3,(H,15,16,17). The molecule has 1 aromatic carbocycles. The molecule has 1 aromatic heterocycles. The van der Waals surface area contributed by atoms with Crippen molar-refractivity contribution in [2.75, 3.05) is 5.43 Å². The van der Waals surface area contributed by atoms with E-state index in [1.807, 2.05) is 51.1 Å². The highest BCUT2D eigenvalue weighted by Crippen LogP contribution is 2.36. The Morgan fingerprint density at radius 1 is 1.18 bits per heavy atom. The highest BCUT2D eigenvalue weighted by Gasteiger charge is 2.24. The highest BCUT2D eigenvalue weighted by molar-refractivity contribution is 7.99. The monoisotopic (exact) mass is 319 g/mol. The van der Waals surface area contributed by atoms with E-state index in [1.165, 1.54) is 18.1 Å². The van der Waals surface area contributed by atoms with E-state index >= 15 is 0 Å². The number of hydrogen-bond donors (Lipinski definition) is 2. The SMILES string of the molecule is CC(C)(C)NNc1ncnc(Sc2ccccc2)c1[N+](=O)[O-]. The molecule has 0 saturated heterocycles. The fraction of sp³-hybridized carbons (Fsp3) is 0.286. The fourth-order valence-corrected chi connectivity index (χ4v) is 2.42. The number of nitro groups is 1. The van der Waals surface area contributed by atoms with Gasteiger partial charge in [0.05, 0.1) is 4.92 Å². The molecule has 116 valence electrons. The molecule has 0 atom stereocenters. The van der Waals surface area contributed by atoms with Crippen molar-refractivity contribution in [2.45, 2.75) is 36.2 Å². The number of hydrogen-bond acceptors (Lipinski definition) is 7. The van der Waals surface area contributed by atoms with Gasteiger partial charge in [-0.2, -0.15) is 0 Å². The van der Waals surface area contributed by atoms with Crippen LogP contribution in [0, 0.1) is 10.1 Å². The lowest BCUT2D eigenvalue weighted by Gasteiger charge is -2.21. The van der Waals surface area contributed by atoms with Gasteiger partial charge in [-0.25, -0.2) is 15.4 Å². The van der Waals surface area contributed by atoms with Gasteiger partial charge in [-0.3, -0.25) is 15.5 Å². The Hall–Kier alpha value is -2.19. The molecule has 0 aliphatic rings. The van der Waals surface area contributed by atoms with Gasteiger partial charge in [-0.15, -0.1) is 0 Å². The zero-order valence-electron chi connectivity index (χ0n) is 12.5. The Morgan fingerprint density at radius 2 is 1.86 bits per heavy atom. The summed E-state index contributed by atoms with van der Waals surface area (Å²) in [5.74, 6) is 0.147. The lowest BCUT2D eigenvalue weighted by atomic mass is 10.1. The molecule has 1 heterocycles. The third-order valence-electron chi connectivity index (χ3n) is 2.48. The summed E-state index contributed by atoms with van der Waals surface area (Å²) < 4.78 is 0. The lowest BCUT2D eigenvalue weighted by Crippen LogP contribution is -2.40. The first-order valence-electron chi connectivity index (χ1n) is 6.62. The van der Waals surface area contributed by atoms with Crippen LogP contribution in [0.4, 0.5) is 11.5 Å². The Morgan fingerprint density at radius 3 is 2.45 bits per heavy atom. The van der Waals surface area contributed by atoms with Gasteiger partial charge in [-0.1, -0.05) is 30.0 Å². The highest BCUT2D eigenvalue weighted by atomic mass is 32.2. The van der Waals surface area contributed by atoms with Crippen molar-refractivity contribution in [1.82, 2.24) is 15.4 Å². The summed E-state index contributed by atoms with van der Waals surface area (Å²) in [4.78, 5) is 19.8. The van der Waals surface area contributed by atoms with Crippen molar-refractivity contribution in [2.24, 2.45) is 0 Å². The normalized spacial score (nSPS) is 11.2. The average molecular weight is 319 g/mol. The van der Waals surface area contributed by atoms with Crippen molar-refractivity contribution < 1.29 is 4.92 Å². The topological polar surface area (TPSA) is 93.0 Å². The van der Waals surface area contributed by atoms with Crippen LogP contribution in [0.2, 0.25) is 0 Å². The molecule has 0 fully saturated rings. The van der Waals surface area contributed by atoms with Gasteiger partial charge in [0.1, 0.15) is 6.33 Å². The second-order valence-corrected chi connectivity index (χ2v) is 6.61. The number of aromatic nitrogens is 2.